The summed E-state index contributed by atoms with van der Waals surface area (Å²) in [6, 6.07) is 11.4. The van der Waals surface area contributed by atoms with E-state index in [9.17, 15) is 4.79 Å². The van der Waals surface area contributed by atoms with Crippen molar-refractivity contribution in [1.82, 2.24) is 10.2 Å². The van der Waals surface area contributed by atoms with E-state index in [4.69, 9.17) is 4.74 Å². The quantitative estimate of drug-likeness (QED) is 0.902. The number of carbonyl (C=O) groups excluding carboxylic acids is 1. The molecule has 1 amide bonds. The van der Waals surface area contributed by atoms with Gasteiger partial charge in [-0.1, -0.05) is 37.3 Å². The Kier molecular flexibility index (Phi) is 5.92. The summed E-state index contributed by atoms with van der Waals surface area (Å²) in [5, 5.41) is 3.09. The first-order chi connectivity index (χ1) is 11.2. The van der Waals surface area contributed by atoms with Gasteiger partial charge in [0.05, 0.1) is 0 Å². The predicted molar refractivity (Wildman–Crippen MR) is 97.8 cm³/mol. The smallest absolute Gasteiger partial charge is 0.407 e. The number of hydrogen-bond donors (Lipinski definition) is 1. The highest BCUT2D eigenvalue weighted by Crippen LogP contribution is 2.29. The number of amides is 1. The van der Waals surface area contributed by atoms with Gasteiger partial charge in [0.2, 0.25) is 0 Å². The van der Waals surface area contributed by atoms with Gasteiger partial charge in [-0.3, -0.25) is 4.90 Å². The van der Waals surface area contributed by atoms with Crippen molar-refractivity contribution >= 4 is 6.09 Å². The Morgan fingerprint density at radius 1 is 1.17 bits per heavy atom. The molecule has 134 valence electrons. The molecule has 0 aromatic heterocycles. The van der Waals surface area contributed by atoms with Gasteiger partial charge in [-0.15, -0.1) is 0 Å². The van der Waals surface area contributed by atoms with Crippen LogP contribution in [0.3, 0.4) is 0 Å². The van der Waals surface area contributed by atoms with Crippen LogP contribution in [-0.2, 0) is 11.3 Å². The van der Waals surface area contributed by atoms with Crippen LogP contribution >= 0.6 is 0 Å². The highest BCUT2D eigenvalue weighted by atomic mass is 16.6. The van der Waals surface area contributed by atoms with Gasteiger partial charge in [-0.05, 0) is 52.5 Å². The highest BCUT2D eigenvalue weighted by molar-refractivity contribution is 5.68. The van der Waals surface area contributed by atoms with Gasteiger partial charge in [0.25, 0.3) is 0 Å². The number of nitrogens with one attached hydrogen (secondary N) is 1. The van der Waals surface area contributed by atoms with Crippen molar-refractivity contribution < 1.29 is 9.53 Å². The molecule has 24 heavy (non-hydrogen) atoms. The number of carbonyl (C=O) groups is 1. The Morgan fingerprint density at radius 2 is 1.79 bits per heavy atom. The number of rotatable bonds is 3. The molecule has 1 aliphatic heterocycles. The standard InChI is InChI=1S/C20H32N2O2/c1-14-12-18(21-19(23)24-20(4,5)6)16(3)22(15(14)2)13-17-10-8-7-9-11-17/h7-11,14-16,18H,12-13H2,1-6H3,(H,21,23)/t14-,15-,16+,18-/m1/s1. The van der Waals surface area contributed by atoms with E-state index in [2.05, 4.69) is 55.3 Å². The summed E-state index contributed by atoms with van der Waals surface area (Å²) < 4.78 is 5.44. The summed E-state index contributed by atoms with van der Waals surface area (Å²) >= 11 is 0. The SMILES string of the molecule is C[C@@H]1C[C@@H](NC(=O)OC(C)(C)C)[C@H](C)N(Cc2ccccc2)[C@@H]1C. The third-order valence-corrected chi connectivity index (χ3v) is 4.99. The summed E-state index contributed by atoms with van der Waals surface area (Å²) in [5.41, 5.74) is 0.839. The Labute approximate surface area is 146 Å². The summed E-state index contributed by atoms with van der Waals surface area (Å²) in [6.45, 7) is 13.3. The fraction of sp³-hybridized carbons (Fsp3) is 0.650. The number of hydrogen-bond acceptors (Lipinski definition) is 3. The van der Waals surface area contributed by atoms with Crippen LogP contribution < -0.4 is 5.32 Å². The third-order valence-electron chi connectivity index (χ3n) is 4.99. The zero-order chi connectivity index (χ0) is 17.9. The minimum atomic E-state index is -0.468. The molecular formula is C20H32N2O2. The number of likely N-dealkylation sites (tertiary alicyclic amines) is 1. The van der Waals surface area contributed by atoms with Gasteiger partial charge in [0.1, 0.15) is 5.60 Å². The fourth-order valence-electron chi connectivity index (χ4n) is 3.44. The molecule has 1 fully saturated rings. The average molecular weight is 332 g/mol. The van der Waals surface area contributed by atoms with Crippen LogP contribution in [0.25, 0.3) is 0 Å². The average Bonchev–Trinajstić information content (AvgIpc) is 2.48. The topological polar surface area (TPSA) is 41.6 Å². The van der Waals surface area contributed by atoms with E-state index in [1.165, 1.54) is 5.56 Å². The van der Waals surface area contributed by atoms with Gasteiger partial charge in [-0.2, -0.15) is 0 Å². The van der Waals surface area contributed by atoms with Crippen LogP contribution in [0, 0.1) is 5.92 Å². The van der Waals surface area contributed by atoms with Gasteiger partial charge in [0.15, 0.2) is 0 Å². The molecule has 1 heterocycles. The minimum Gasteiger partial charge on any atom is -0.444 e. The summed E-state index contributed by atoms with van der Waals surface area (Å²) in [4.78, 5) is 14.7. The second-order valence-corrected chi connectivity index (χ2v) is 8.10. The van der Waals surface area contributed by atoms with Crippen molar-refractivity contribution in [1.29, 1.82) is 0 Å². The van der Waals surface area contributed by atoms with E-state index in [0.29, 0.717) is 12.0 Å². The van der Waals surface area contributed by atoms with E-state index in [-0.39, 0.29) is 18.2 Å². The highest BCUT2D eigenvalue weighted by Gasteiger charge is 2.37. The lowest BCUT2D eigenvalue weighted by atomic mass is 9.84. The van der Waals surface area contributed by atoms with Crippen molar-refractivity contribution in [2.24, 2.45) is 5.92 Å². The Morgan fingerprint density at radius 3 is 2.38 bits per heavy atom. The number of benzene rings is 1. The van der Waals surface area contributed by atoms with Crippen LogP contribution in [0.4, 0.5) is 4.79 Å². The van der Waals surface area contributed by atoms with E-state index in [1.54, 1.807) is 0 Å². The van der Waals surface area contributed by atoms with Crippen molar-refractivity contribution in [3.05, 3.63) is 35.9 Å². The summed E-state index contributed by atoms with van der Waals surface area (Å²) in [7, 11) is 0. The van der Waals surface area contributed by atoms with Crippen molar-refractivity contribution in [2.75, 3.05) is 0 Å². The normalized spacial score (nSPS) is 28.4. The molecule has 0 radical (unpaired) electrons. The second-order valence-electron chi connectivity index (χ2n) is 8.10. The maximum absolute atomic E-state index is 12.2. The number of nitrogens with zero attached hydrogens (tertiary/aromatic N) is 1. The lowest BCUT2D eigenvalue weighted by molar-refractivity contribution is 0.0161. The molecule has 0 bridgehead atoms. The van der Waals surface area contributed by atoms with E-state index in [1.807, 2.05) is 26.8 Å². The first-order valence-electron chi connectivity index (χ1n) is 8.96. The van der Waals surface area contributed by atoms with Gasteiger partial charge < -0.3 is 10.1 Å². The van der Waals surface area contributed by atoms with Crippen LogP contribution in [0.5, 0.6) is 0 Å². The van der Waals surface area contributed by atoms with Gasteiger partial charge in [-0.25, -0.2) is 4.79 Å². The maximum atomic E-state index is 12.2. The largest absolute Gasteiger partial charge is 0.444 e. The Bertz CT molecular complexity index is 538. The predicted octanol–water partition coefficient (Wildman–Crippen LogP) is 4.20. The maximum Gasteiger partial charge on any atom is 0.407 e. The molecule has 1 aromatic rings. The lowest BCUT2D eigenvalue weighted by Gasteiger charge is -2.47. The van der Waals surface area contributed by atoms with E-state index < -0.39 is 5.60 Å². The van der Waals surface area contributed by atoms with Crippen LogP contribution in [-0.4, -0.2) is 34.7 Å². The molecule has 0 spiro atoms. The molecule has 1 aliphatic rings. The molecule has 0 aliphatic carbocycles. The molecule has 0 unspecified atom stereocenters. The molecule has 1 saturated heterocycles. The molecule has 1 aromatic carbocycles. The van der Waals surface area contributed by atoms with E-state index in [0.717, 1.165) is 13.0 Å². The fourth-order valence-corrected chi connectivity index (χ4v) is 3.44. The van der Waals surface area contributed by atoms with E-state index >= 15 is 0 Å². The number of ether oxygens (including phenoxy) is 1. The number of piperidine rings is 1. The van der Waals surface area contributed by atoms with Crippen molar-refractivity contribution in [3.63, 3.8) is 0 Å². The molecule has 1 N–H and O–H groups in total. The molecular weight excluding hydrogens is 300 g/mol. The molecule has 2 rings (SSSR count). The second kappa shape index (κ2) is 7.56. The van der Waals surface area contributed by atoms with Crippen molar-refractivity contribution in [3.8, 4) is 0 Å². The zero-order valence-corrected chi connectivity index (χ0v) is 15.9. The van der Waals surface area contributed by atoms with Crippen molar-refractivity contribution in [2.45, 2.75) is 78.2 Å². The zero-order valence-electron chi connectivity index (χ0n) is 15.9. The Balaban J connectivity index is 2.07. The van der Waals surface area contributed by atoms with Gasteiger partial charge in [0, 0.05) is 24.7 Å². The summed E-state index contributed by atoms with van der Waals surface area (Å²) in [5.74, 6) is 0.518. The van der Waals surface area contributed by atoms with Crippen LogP contribution in [0.1, 0.15) is 53.5 Å². The number of alkyl carbamates (subject to hydrolysis) is 1. The monoisotopic (exact) mass is 332 g/mol. The minimum absolute atomic E-state index is 0.106. The Hall–Kier alpha value is -1.55. The molecule has 4 heteroatoms. The van der Waals surface area contributed by atoms with Gasteiger partial charge >= 0.3 is 6.09 Å². The van der Waals surface area contributed by atoms with Crippen LogP contribution in [0.15, 0.2) is 30.3 Å². The molecule has 4 atom stereocenters. The summed E-state index contributed by atoms with van der Waals surface area (Å²) in [6.07, 6.45) is 0.660. The first-order valence-corrected chi connectivity index (χ1v) is 8.96. The molecule has 4 nitrogen and oxygen atoms in total. The lowest BCUT2D eigenvalue weighted by Crippen LogP contribution is -2.59. The first kappa shape index (κ1) is 18.8. The third kappa shape index (κ3) is 4.97. The molecule has 0 saturated carbocycles. The van der Waals surface area contributed by atoms with Crippen LogP contribution in [0.2, 0.25) is 0 Å².